The Bertz CT molecular complexity index is 1220. The Labute approximate surface area is 192 Å². The summed E-state index contributed by atoms with van der Waals surface area (Å²) in [5.74, 6) is -0.959. The van der Waals surface area contributed by atoms with Crippen molar-refractivity contribution in [3.8, 4) is 0 Å². The van der Waals surface area contributed by atoms with Crippen LogP contribution in [0.5, 0.6) is 0 Å². The average Bonchev–Trinajstić information content (AvgIpc) is 3.08. The first kappa shape index (κ1) is 23.0. The maximum absolute atomic E-state index is 12.9. The standard InChI is InChI=1S/C21H19BrN2O5S2/c1-3-29-21(26)19-13(2)12-18(30-19)23-20(25)16-6-4-5-7-17(16)24-31(27,28)15-10-8-14(22)9-11-15/h4-12,24H,3H2,1-2H3,(H,23,25). The molecular formula is C21H19BrN2O5S2. The van der Waals surface area contributed by atoms with Gasteiger partial charge in [-0.25, -0.2) is 13.2 Å². The minimum absolute atomic E-state index is 0.0684. The predicted molar refractivity (Wildman–Crippen MR) is 124 cm³/mol. The molecule has 162 valence electrons. The molecule has 0 aliphatic carbocycles. The summed E-state index contributed by atoms with van der Waals surface area (Å²) < 4.78 is 33.7. The molecule has 0 aliphatic heterocycles. The minimum atomic E-state index is -3.89. The third-order valence-electron chi connectivity index (χ3n) is 4.16. The summed E-state index contributed by atoms with van der Waals surface area (Å²) in [5, 5.41) is 3.18. The van der Waals surface area contributed by atoms with Gasteiger partial charge in [-0.05, 0) is 61.9 Å². The van der Waals surface area contributed by atoms with E-state index in [0.29, 0.717) is 15.4 Å². The van der Waals surface area contributed by atoms with E-state index in [-0.39, 0.29) is 22.8 Å². The molecular weight excluding hydrogens is 504 g/mol. The number of carbonyl (C=O) groups is 2. The lowest BCUT2D eigenvalue weighted by atomic mass is 10.1. The lowest BCUT2D eigenvalue weighted by Crippen LogP contribution is -2.18. The molecule has 0 saturated carbocycles. The first-order chi connectivity index (χ1) is 14.7. The Morgan fingerprint density at radius 1 is 1.10 bits per heavy atom. The van der Waals surface area contributed by atoms with Crippen LogP contribution in [0.3, 0.4) is 0 Å². The van der Waals surface area contributed by atoms with E-state index in [1.165, 1.54) is 24.3 Å². The lowest BCUT2D eigenvalue weighted by Gasteiger charge is -2.12. The van der Waals surface area contributed by atoms with E-state index in [0.717, 1.165) is 15.8 Å². The molecule has 0 bridgehead atoms. The summed E-state index contributed by atoms with van der Waals surface area (Å²) in [6.07, 6.45) is 0. The highest BCUT2D eigenvalue weighted by molar-refractivity contribution is 9.10. The molecule has 1 aromatic heterocycles. The van der Waals surface area contributed by atoms with Gasteiger partial charge in [0, 0.05) is 4.47 Å². The molecule has 0 saturated heterocycles. The highest BCUT2D eigenvalue weighted by atomic mass is 79.9. The van der Waals surface area contributed by atoms with Crippen LogP contribution in [0, 0.1) is 6.92 Å². The van der Waals surface area contributed by atoms with Crippen LogP contribution in [-0.4, -0.2) is 26.9 Å². The van der Waals surface area contributed by atoms with E-state index in [4.69, 9.17) is 4.74 Å². The van der Waals surface area contributed by atoms with Gasteiger partial charge in [0.1, 0.15) is 4.88 Å². The molecule has 3 rings (SSSR count). The summed E-state index contributed by atoms with van der Waals surface area (Å²) >= 11 is 4.37. The molecule has 0 spiro atoms. The van der Waals surface area contributed by atoms with Gasteiger partial charge in [-0.2, -0.15) is 0 Å². The Balaban J connectivity index is 1.83. The number of sulfonamides is 1. The molecule has 10 heteroatoms. The van der Waals surface area contributed by atoms with Crippen LogP contribution in [0.15, 0.2) is 64.0 Å². The zero-order valence-corrected chi connectivity index (χ0v) is 19.9. The monoisotopic (exact) mass is 522 g/mol. The fourth-order valence-corrected chi connectivity index (χ4v) is 5.02. The molecule has 2 aromatic carbocycles. The fourth-order valence-electron chi connectivity index (χ4n) is 2.71. The number of hydrogen-bond donors (Lipinski definition) is 2. The molecule has 1 heterocycles. The lowest BCUT2D eigenvalue weighted by molar-refractivity contribution is 0.0531. The number of ether oxygens (including phenoxy) is 1. The van der Waals surface area contributed by atoms with Crippen molar-refractivity contribution in [2.24, 2.45) is 0 Å². The summed E-state index contributed by atoms with van der Waals surface area (Å²) in [4.78, 5) is 25.3. The first-order valence-corrected chi connectivity index (χ1v) is 12.3. The van der Waals surface area contributed by atoms with Crippen molar-refractivity contribution < 1.29 is 22.7 Å². The molecule has 31 heavy (non-hydrogen) atoms. The van der Waals surface area contributed by atoms with Crippen LogP contribution in [0.1, 0.15) is 32.5 Å². The van der Waals surface area contributed by atoms with Crippen molar-refractivity contribution in [2.45, 2.75) is 18.7 Å². The van der Waals surface area contributed by atoms with E-state index in [1.807, 2.05) is 0 Å². The van der Waals surface area contributed by atoms with Gasteiger partial charge in [-0.15, -0.1) is 11.3 Å². The summed E-state index contributed by atoms with van der Waals surface area (Å²) in [7, 11) is -3.89. The van der Waals surface area contributed by atoms with Crippen LogP contribution in [0.2, 0.25) is 0 Å². The van der Waals surface area contributed by atoms with Crippen molar-refractivity contribution in [1.82, 2.24) is 0 Å². The second-order valence-electron chi connectivity index (χ2n) is 6.40. The molecule has 1 amide bonds. The quantitative estimate of drug-likeness (QED) is 0.422. The largest absolute Gasteiger partial charge is 0.462 e. The number of halogens is 1. The smallest absolute Gasteiger partial charge is 0.348 e. The number of hydrogen-bond acceptors (Lipinski definition) is 6. The van der Waals surface area contributed by atoms with Gasteiger partial charge in [0.05, 0.1) is 27.8 Å². The zero-order chi connectivity index (χ0) is 22.6. The summed E-state index contributed by atoms with van der Waals surface area (Å²) in [5.41, 5.74) is 0.969. The Morgan fingerprint density at radius 3 is 2.45 bits per heavy atom. The zero-order valence-electron chi connectivity index (χ0n) is 16.6. The number of esters is 1. The highest BCUT2D eigenvalue weighted by Gasteiger charge is 2.20. The molecule has 3 aromatic rings. The van der Waals surface area contributed by atoms with E-state index in [2.05, 4.69) is 26.0 Å². The topological polar surface area (TPSA) is 102 Å². The van der Waals surface area contributed by atoms with Crippen molar-refractivity contribution in [3.63, 3.8) is 0 Å². The number of nitrogens with one attached hydrogen (secondary N) is 2. The van der Waals surface area contributed by atoms with E-state index in [1.54, 1.807) is 44.2 Å². The van der Waals surface area contributed by atoms with Gasteiger partial charge in [-0.1, -0.05) is 28.1 Å². The van der Waals surface area contributed by atoms with E-state index >= 15 is 0 Å². The van der Waals surface area contributed by atoms with Gasteiger partial charge < -0.3 is 10.1 Å². The van der Waals surface area contributed by atoms with Crippen molar-refractivity contribution in [1.29, 1.82) is 0 Å². The van der Waals surface area contributed by atoms with Gasteiger partial charge in [0.25, 0.3) is 15.9 Å². The summed E-state index contributed by atoms with van der Waals surface area (Å²) in [6, 6.07) is 14.1. The highest BCUT2D eigenvalue weighted by Crippen LogP contribution is 2.29. The molecule has 7 nitrogen and oxygen atoms in total. The third kappa shape index (κ3) is 5.52. The predicted octanol–water partition coefficient (Wildman–Crippen LogP) is 5.05. The van der Waals surface area contributed by atoms with Gasteiger partial charge in [-0.3, -0.25) is 9.52 Å². The fraction of sp³-hybridized carbons (Fsp3) is 0.143. The van der Waals surface area contributed by atoms with Crippen LogP contribution >= 0.6 is 27.3 Å². The molecule has 0 fully saturated rings. The number of anilines is 2. The van der Waals surface area contributed by atoms with Crippen molar-refractivity contribution in [3.05, 3.63) is 75.1 Å². The van der Waals surface area contributed by atoms with Crippen LogP contribution in [-0.2, 0) is 14.8 Å². The maximum atomic E-state index is 12.9. The second kappa shape index (κ2) is 9.63. The van der Waals surface area contributed by atoms with Gasteiger partial charge in [0.15, 0.2) is 0 Å². The molecule has 2 N–H and O–H groups in total. The Kier molecular flexibility index (Phi) is 7.14. The van der Waals surface area contributed by atoms with Gasteiger partial charge >= 0.3 is 5.97 Å². The number of benzene rings is 2. The third-order valence-corrected chi connectivity index (χ3v) is 7.20. The maximum Gasteiger partial charge on any atom is 0.348 e. The number of carbonyl (C=O) groups excluding carboxylic acids is 2. The van der Waals surface area contributed by atoms with Crippen LogP contribution in [0.25, 0.3) is 0 Å². The van der Waals surface area contributed by atoms with Crippen molar-refractivity contribution in [2.75, 3.05) is 16.6 Å². The second-order valence-corrected chi connectivity index (χ2v) is 10.1. The minimum Gasteiger partial charge on any atom is -0.462 e. The molecule has 0 radical (unpaired) electrons. The average molecular weight is 523 g/mol. The SMILES string of the molecule is CCOC(=O)c1sc(NC(=O)c2ccccc2NS(=O)(=O)c2ccc(Br)cc2)cc1C. The summed E-state index contributed by atoms with van der Waals surface area (Å²) in [6.45, 7) is 3.72. The number of thiophene rings is 1. The van der Waals surface area contributed by atoms with E-state index in [9.17, 15) is 18.0 Å². The van der Waals surface area contributed by atoms with E-state index < -0.39 is 21.9 Å². The number of amides is 1. The number of para-hydroxylation sites is 1. The Hall–Kier alpha value is -2.69. The molecule has 0 atom stereocenters. The number of aryl methyl sites for hydroxylation is 1. The molecule has 0 unspecified atom stereocenters. The Morgan fingerprint density at radius 2 is 1.77 bits per heavy atom. The normalized spacial score (nSPS) is 11.1. The first-order valence-electron chi connectivity index (χ1n) is 9.17. The number of rotatable bonds is 7. The van der Waals surface area contributed by atoms with Gasteiger partial charge in [0.2, 0.25) is 0 Å². The van der Waals surface area contributed by atoms with Crippen LogP contribution < -0.4 is 10.0 Å². The van der Waals surface area contributed by atoms with Crippen LogP contribution in [0.4, 0.5) is 10.7 Å². The molecule has 0 aliphatic rings. The van der Waals surface area contributed by atoms with Crippen molar-refractivity contribution >= 4 is 59.9 Å².